The van der Waals surface area contributed by atoms with E-state index in [4.69, 9.17) is 9.47 Å². The van der Waals surface area contributed by atoms with E-state index in [-0.39, 0.29) is 23.0 Å². The molecule has 1 N–H and O–H groups in total. The number of rotatable bonds is 5. The fraction of sp³-hybridized carbons (Fsp3) is 0.435. The number of alkyl halides is 3. The van der Waals surface area contributed by atoms with Gasteiger partial charge in [0.2, 0.25) is 0 Å². The Hall–Kier alpha value is -3.14. The molecule has 176 valence electrons. The minimum absolute atomic E-state index is 0.145. The quantitative estimate of drug-likeness (QED) is 0.609. The molecule has 1 fully saturated rings. The Labute approximate surface area is 188 Å². The third kappa shape index (κ3) is 4.39. The van der Waals surface area contributed by atoms with Gasteiger partial charge in [-0.1, -0.05) is 12.1 Å². The minimum atomic E-state index is -4.44. The van der Waals surface area contributed by atoms with E-state index in [9.17, 15) is 18.0 Å². The van der Waals surface area contributed by atoms with Crippen LogP contribution in [0, 0.1) is 13.8 Å². The summed E-state index contributed by atoms with van der Waals surface area (Å²) in [6.07, 6.45) is -3.97. The van der Waals surface area contributed by atoms with Crippen molar-refractivity contribution in [3.63, 3.8) is 0 Å². The van der Waals surface area contributed by atoms with Crippen LogP contribution in [0.3, 0.4) is 0 Å². The predicted molar refractivity (Wildman–Crippen MR) is 118 cm³/mol. The monoisotopic (exact) mass is 462 g/mol. The fourth-order valence-corrected chi connectivity index (χ4v) is 4.24. The number of nitrogens with one attached hydrogen (secondary N) is 1. The van der Waals surface area contributed by atoms with E-state index in [1.165, 1.54) is 17.6 Å². The van der Waals surface area contributed by atoms with E-state index in [1.807, 2.05) is 0 Å². The van der Waals surface area contributed by atoms with Crippen molar-refractivity contribution in [2.75, 3.05) is 18.5 Å². The van der Waals surface area contributed by atoms with Crippen LogP contribution in [-0.2, 0) is 18.0 Å². The molecule has 0 amide bonds. The number of halogens is 3. The average molecular weight is 462 g/mol. The highest BCUT2D eigenvalue weighted by atomic mass is 19.4. The van der Waals surface area contributed by atoms with E-state index in [1.54, 1.807) is 33.0 Å². The Kier molecular flexibility index (Phi) is 6.04. The molecule has 7 nitrogen and oxygen atoms in total. The molecular formula is C23H25F3N4O3. The third-order valence-corrected chi connectivity index (χ3v) is 5.96. The maximum atomic E-state index is 13.4. The lowest BCUT2D eigenvalue weighted by molar-refractivity contribution is -0.138. The lowest BCUT2D eigenvalue weighted by atomic mass is 9.97. The molecule has 10 heteroatoms. The topological polar surface area (TPSA) is 78.3 Å². The normalized spacial score (nSPS) is 17.4. The lowest BCUT2D eigenvalue weighted by Crippen LogP contribution is -2.25. The largest absolute Gasteiger partial charge is 0.482 e. The minimum Gasteiger partial charge on any atom is -0.482 e. The van der Waals surface area contributed by atoms with Gasteiger partial charge in [0, 0.05) is 18.9 Å². The van der Waals surface area contributed by atoms with Crippen LogP contribution in [0.1, 0.15) is 41.8 Å². The van der Waals surface area contributed by atoms with Crippen LogP contribution in [0.2, 0.25) is 0 Å². The summed E-state index contributed by atoms with van der Waals surface area (Å²) < 4.78 is 52.8. The molecule has 0 radical (unpaired) electrons. The average Bonchev–Trinajstić information content (AvgIpc) is 3.26. The standard InChI is InChI=1S/C23H25F3N4O3/c1-12-16(6-5-7-18(12)23(24,25)26)13(2)27-21-17-10-19(33-15-8-9-32-11-15)22(31)30(4)20(17)14(3)28-29-21/h5-7,10,13,15H,8-9,11H2,1-4H3,(H,27,29)/t13-,15+/m1/s1. The van der Waals surface area contributed by atoms with Gasteiger partial charge in [-0.05, 0) is 44.0 Å². The second-order valence-electron chi connectivity index (χ2n) is 8.26. The van der Waals surface area contributed by atoms with E-state index < -0.39 is 17.8 Å². The number of anilines is 1. The second-order valence-corrected chi connectivity index (χ2v) is 8.26. The molecule has 0 aliphatic carbocycles. The van der Waals surface area contributed by atoms with Crippen molar-refractivity contribution in [1.29, 1.82) is 0 Å². The Morgan fingerprint density at radius 3 is 2.70 bits per heavy atom. The molecule has 1 aliphatic rings. The van der Waals surface area contributed by atoms with Gasteiger partial charge < -0.3 is 19.4 Å². The van der Waals surface area contributed by atoms with Crippen LogP contribution in [0.4, 0.5) is 19.0 Å². The van der Waals surface area contributed by atoms with Crippen molar-refractivity contribution >= 4 is 16.7 Å². The summed E-state index contributed by atoms with van der Waals surface area (Å²) in [4.78, 5) is 12.9. The number of aryl methyl sites for hydroxylation is 2. The van der Waals surface area contributed by atoms with Gasteiger partial charge in [-0.2, -0.15) is 18.3 Å². The van der Waals surface area contributed by atoms with E-state index in [2.05, 4.69) is 15.5 Å². The number of pyridine rings is 1. The highest BCUT2D eigenvalue weighted by molar-refractivity contribution is 5.91. The van der Waals surface area contributed by atoms with E-state index >= 15 is 0 Å². The first-order valence-corrected chi connectivity index (χ1v) is 10.6. The zero-order valence-electron chi connectivity index (χ0n) is 18.8. The molecule has 3 heterocycles. The Balaban J connectivity index is 1.76. The SMILES string of the molecule is Cc1c([C@@H](C)Nc2nnc(C)c3c2cc(O[C@H]2CCOC2)c(=O)n3C)cccc1C(F)(F)F. The molecule has 33 heavy (non-hydrogen) atoms. The first-order valence-electron chi connectivity index (χ1n) is 10.6. The molecule has 0 bridgehead atoms. The molecule has 1 saturated heterocycles. The van der Waals surface area contributed by atoms with Crippen LogP contribution in [-0.4, -0.2) is 34.1 Å². The van der Waals surface area contributed by atoms with Crippen molar-refractivity contribution in [1.82, 2.24) is 14.8 Å². The molecule has 0 spiro atoms. The van der Waals surface area contributed by atoms with Gasteiger partial charge in [0.1, 0.15) is 6.10 Å². The highest BCUT2D eigenvalue weighted by Gasteiger charge is 2.33. The van der Waals surface area contributed by atoms with Crippen LogP contribution in [0.15, 0.2) is 29.1 Å². The molecule has 1 aromatic carbocycles. The smallest absolute Gasteiger partial charge is 0.416 e. The lowest BCUT2D eigenvalue weighted by Gasteiger charge is -2.21. The maximum absolute atomic E-state index is 13.4. The Morgan fingerprint density at radius 1 is 1.27 bits per heavy atom. The zero-order valence-corrected chi connectivity index (χ0v) is 18.8. The summed E-state index contributed by atoms with van der Waals surface area (Å²) >= 11 is 0. The molecule has 2 atom stereocenters. The third-order valence-electron chi connectivity index (χ3n) is 5.96. The van der Waals surface area contributed by atoms with Gasteiger partial charge in [-0.25, -0.2) is 0 Å². The van der Waals surface area contributed by atoms with Gasteiger partial charge >= 0.3 is 6.18 Å². The second kappa shape index (κ2) is 8.66. The number of nitrogens with zero attached hydrogens (tertiary/aromatic N) is 3. The van der Waals surface area contributed by atoms with Gasteiger partial charge in [0.05, 0.1) is 36.0 Å². The van der Waals surface area contributed by atoms with Gasteiger partial charge in [0.25, 0.3) is 5.56 Å². The van der Waals surface area contributed by atoms with E-state index in [0.717, 1.165) is 6.07 Å². The molecule has 3 aromatic rings. The molecule has 1 aliphatic heterocycles. The fourth-order valence-electron chi connectivity index (χ4n) is 4.24. The van der Waals surface area contributed by atoms with E-state index in [0.29, 0.717) is 47.6 Å². The van der Waals surface area contributed by atoms with Crippen molar-refractivity contribution in [3.05, 3.63) is 57.0 Å². The summed E-state index contributed by atoms with van der Waals surface area (Å²) in [5.74, 6) is 0.516. The van der Waals surface area contributed by atoms with Gasteiger partial charge in [-0.15, -0.1) is 5.10 Å². The summed E-state index contributed by atoms with van der Waals surface area (Å²) in [5.41, 5.74) is 0.773. The molecule has 2 aromatic heterocycles. The number of hydrogen-bond acceptors (Lipinski definition) is 6. The molecule has 4 rings (SSSR count). The van der Waals surface area contributed by atoms with Gasteiger partial charge in [-0.3, -0.25) is 4.79 Å². The molecular weight excluding hydrogens is 437 g/mol. The number of fused-ring (bicyclic) bond motifs is 1. The zero-order chi connectivity index (χ0) is 23.9. The molecule has 0 unspecified atom stereocenters. The number of hydrogen-bond donors (Lipinski definition) is 1. The first-order chi connectivity index (χ1) is 15.6. The Morgan fingerprint density at radius 2 is 2.03 bits per heavy atom. The highest BCUT2D eigenvalue weighted by Crippen LogP contribution is 2.35. The van der Waals surface area contributed by atoms with Crippen LogP contribution < -0.4 is 15.6 Å². The first kappa shape index (κ1) is 23.0. The summed E-state index contributed by atoms with van der Waals surface area (Å²) in [6.45, 7) is 5.93. The van der Waals surface area contributed by atoms with Crippen molar-refractivity contribution < 1.29 is 22.6 Å². The summed E-state index contributed by atoms with van der Waals surface area (Å²) in [6, 6.07) is 5.22. The van der Waals surface area contributed by atoms with Crippen molar-refractivity contribution in [2.24, 2.45) is 7.05 Å². The van der Waals surface area contributed by atoms with Crippen molar-refractivity contribution in [3.8, 4) is 5.75 Å². The van der Waals surface area contributed by atoms with Crippen LogP contribution in [0.5, 0.6) is 5.75 Å². The number of ether oxygens (including phenoxy) is 2. The van der Waals surface area contributed by atoms with Crippen LogP contribution >= 0.6 is 0 Å². The predicted octanol–water partition coefficient (Wildman–Crippen LogP) is 4.30. The number of aromatic nitrogens is 3. The summed E-state index contributed by atoms with van der Waals surface area (Å²) in [5, 5.41) is 12.2. The van der Waals surface area contributed by atoms with Gasteiger partial charge in [0.15, 0.2) is 11.6 Å². The maximum Gasteiger partial charge on any atom is 0.416 e. The Bertz CT molecular complexity index is 1250. The summed E-state index contributed by atoms with van der Waals surface area (Å²) in [7, 11) is 1.63. The number of benzene rings is 1. The van der Waals surface area contributed by atoms with Crippen LogP contribution in [0.25, 0.3) is 10.9 Å². The van der Waals surface area contributed by atoms with Crippen molar-refractivity contribution in [2.45, 2.75) is 45.5 Å². The molecule has 0 saturated carbocycles.